The summed E-state index contributed by atoms with van der Waals surface area (Å²) in [5.74, 6) is 0.423. The van der Waals surface area contributed by atoms with Crippen LogP contribution in [-0.4, -0.2) is 51.6 Å². The van der Waals surface area contributed by atoms with E-state index in [4.69, 9.17) is 11.6 Å². The summed E-state index contributed by atoms with van der Waals surface area (Å²) in [6.07, 6.45) is 1.80. The van der Waals surface area contributed by atoms with Gasteiger partial charge in [-0.15, -0.1) is 0 Å². The molecule has 0 saturated carbocycles. The van der Waals surface area contributed by atoms with Gasteiger partial charge in [-0.05, 0) is 38.9 Å². The Bertz CT molecular complexity index is 799. The first-order chi connectivity index (χ1) is 12.5. The van der Waals surface area contributed by atoms with Gasteiger partial charge in [-0.2, -0.15) is 5.10 Å². The highest BCUT2D eigenvalue weighted by Crippen LogP contribution is 2.30. The standard InChI is InChI=1S/C20H25ClN4O/c1-13(2)24-9-7-15(11-24)20(26)25-10-8-18-17(12-25)19(23-22-18)14-3-5-16(21)6-4-14/h3-6,13,15H,7-12H2,1-2H3,(H,22,23). The smallest absolute Gasteiger partial charge is 0.227 e. The second-order valence-electron chi connectivity index (χ2n) is 7.62. The van der Waals surface area contributed by atoms with Crippen LogP contribution in [0.25, 0.3) is 11.3 Å². The second-order valence-corrected chi connectivity index (χ2v) is 8.06. The molecule has 0 radical (unpaired) electrons. The number of likely N-dealkylation sites (tertiary alicyclic amines) is 1. The minimum atomic E-state index is 0.129. The third-order valence-electron chi connectivity index (χ3n) is 5.66. The first kappa shape index (κ1) is 17.6. The number of hydrogen-bond acceptors (Lipinski definition) is 3. The Morgan fingerprint density at radius 1 is 1.27 bits per heavy atom. The molecule has 1 N–H and O–H groups in total. The predicted octanol–water partition coefficient (Wildman–Crippen LogP) is 3.35. The molecule has 2 aliphatic rings. The summed E-state index contributed by atoms with van der Waals surface area (Å²) in [6, 6.07) is 8.23. The van der Waals surface area contributed by atoms with Gasteiger partial charge in [-0.25, -0.2) is 0 Å². The number of aromatic nitrogens is 2. The summed E-state index contributed by atoms with van der Waals surface area (Å²) in [6.45, 7) is 7.71. The van der Waals surface area contributed by atoms with Gasteiger partial charge in [-0.3, -0.25) is 9.89 Å². The molecular weight excluding hydrogens is 348 g/mol. The number of benzene rings is 1. The summed E-state index contributed by atoms with van der Waals surface area (Å²) < 4.78 is 0. The van der Waals surface area contributed by atoms with Crippen molar-refractivity contribution in [3.05, 3.63) is 40.5 Å². The number of aromatic amines is 1. The van der Waals surface area contributed by atoms with Crippen LogP contribution in [0.5, 0.6) is 0 Å². The zero-order valence-electron chi connectivity index (χ0n) is 15.3. The molecule has 6 heteroatoms. The van der Waals surface area contributed by atoms with Crippen molar-refractivity contribution in [1.29, 1.82) is 0 Å². The van der Waals surface area contributed by atoms with E-state index in [2.05, 4.69) is 28.9 Å². The van der Waals surface area contributed by atoms with Crippen LogP contribution in [0.4, 0.5) is 0 Å². The quantitative estimate of drug-likeness (QED) is 0.898. The molecule has 5 nitrogen and oxygen atoms in total. The van der Waals surface area contributed by atoms with Crippen LogP contribution in [0.1, 0.15) is 31.5 Å². The summed E-state index contributed by atoms with van der Waals surface area (Å²) in [4.78, 5) is 17.5. The average molecular weight is 373 g/mol. The Kier molecular flexibility index (Phi) is 4.76. The largest absolute Gasteiger partial charge is 0.338 e. The number of fused-ring (bicyclic) bond motifs is 1. The van der Waals surface area contributed by atoms with Crippen molar-refractivity contribution in [3.8, 4) is 11.3 Å². The number of hydrogen-bond donors (Lipinski definition) is 1. The molecule has 4 rings (SSSR count). The van der Waals surface area contributed by atoms with Crippen molar-refractivity contribution in [1.82, 2.24) is 20.0 Å². The van der Waals surface area contributed by atoms with Gasteiger partial charge in [0.25, 0.3) is 0 Å². The lowest BCUT2D eigenvalue weighted by molar-refractivity contribution is -0.136. The molecule has 0 spiro atoms. The molecule has 1 unspecified atom stereocenters. The minimum Gasteiger partial charge on any atom is -0.338 e. The van der Waals surface area contributed by atoms with Crippen LogP contribution in [-0.2, 0) is 17.8 Å². The fourth-order valence-corrected chi connectivity index (χ4v) is 4.17. The Morgan fingerprint density at radius 2 is 2.04 bits per heavy atom. The van der Waals surface area contributed by atoms with Gasteiger partial charge in [0.05, 0.1) is 11.6 Å². The number of nitrogens with zero attached hydrogens (tertiary/aromatic N) is 3. The summed E-state index contributed by atoms with van der Waals surface area (Å²) in [5, 5.41) is 8.38. The number of amides is 1. The van der Waals surface area contributed by atoms with Gasteiger partial charge >= 0.3 is 0 Å². The molecule has 1 fully saturated rings. The van der Waals surface area contributed by atoms with E-state index in [1.807, 2.05) is 29.2 Å². The lowest BCUT2D eigenvalue weighted by Crippen LogP contribution is -2.41. The van der Waals surface area contributed by atoms with Gasteiger partial charge in [0.2, 0.25) is 5.91 Å². The van der Waals surface area contributed by atoms with Crippen LogP contribution in [0, 0.1) is 5.92 Å². The maximum absolute atomic E-state index is 13.0. The highest BCUT2D eigenvalue weighted by molar-refractivity contribution is 6.30. The molecule has 1 aromatic carbocycles. The maximum atomic E-state index is 13.0. The van der Waals surface area contributed by atoms with Crippen molar-refractivity contribution in [2.45, 2.75) is 39.3 Å². The Balaban J connectivity index is 1.52. The minimum absolute atomic E-state index is 0.129. The molecule has 0 bridgehead atoms. The highest BCUT2D eigenvalue weighted by Gasteiger charge is 2.34. The van der Waals surface area contributed by atoms with E-state index in [-0.39, 0.29) is 5.92 Å². The monoisotopic (exact) mass is 372 g/mol. The molecule has 0 aliphatic carbocycles. The third kappa shape index (κ3) is 3.26. The van der Waals surface area contributed by atoms with Crippen LogP contribution < -0.4 is 0 Å². The fourth-order valence-electron chi connectivity index (χ4n) is 4.05. The first-order valence-corrected chi connectivity index (χ1v) is 9.75. The zero-order valence-corrected chi connectivity index (χ0v) is 16.1. The number of carbonyl (C=O) groups is 1. The lowest BCUT2D eigenvalue weighted by atomic mass is 9.99. The highest BCUT2D eigenvalue weighted by atomic mass is 35.5. The Morgan fingerprint density at radius 3 is 2.73 bits per heavy atom. The van der Waals surface area contributed by atoms with Gasteiger partial charge in [0, 0.05) is 53.9 Å². The lowest BCUT2D eigenvalue weighted by Gasteiger charge is -2.30. The maximum Gasteiger partial charge on any atom is 0.227 e. The van der Waals surface area contributed by atoms with E-state index < -0.39 is 0 Å². The molecule has 1 amide bonds. The van der Waals surface area contributed by atoms with Crippen LogP contribution in [0.2, 0.25) is 5.02 Å². The number of nitrogens with one attached hydrogen (secondary N) is 1. The molecule has 26 heavy (non-hydrogen) atoms. The molecular formula is C20H25ClN4O. The number of rotatable bonds is 3. The summed E-state index contributed by atoms with van der Waals surface area (Å²) in [5.41, 5.74) is 4.26. The molecule has 1 aromatic heterocycles. The van der Waals surface area contributed by atoms with Crippen LogP contribution >= 0.6 is 11.6 Å². The topological polar surface area (TPSA) is 52.2 Å². The Hall–Kier alpha value is -1.85. The predicted molar refractivity (Wildman–Crippen MR) is 103 cm³/mol. The number of halogens is 1. The van der Waals surface area contributed by atoms with E-state index in [1.165, 1.54) is 0 Å². The van der Waals surface area contributed by atoms with Crippen LogP contribution in [0.15, 0.2) is 24.3 Å². The summed E-state index contributed by atoms with van der Waals surface area (Å²) >= 11 is 6.00. The van der Waals surface area contributed by atoms with E-state index >= 15 is 0 Å². The van der Waals surface area contributed by atoms with Crippen molar-refractivity contribution in [2.75, 3.05) is 19.6 Å². The van der Waals surface area contributed by atoms with Crippen molar-refractivity contribution in [3.63, 3.8) is 0 Å². The summed E-state index contributed by atoms with van der Waals surface area (Å²) in [7, 11) is 0. The zero-order chi connectivity index (χ0) is 18.3. The molecule has 138 valence electrons. The van der Waals surface area contributed by atoms with Gasteiger partial charge in [-0.1, -0.05) is 23.7 Å². The molecule has 2 aromatic rings. The van der Waals surface area contributed by atoms with Crippen LogP contribution in [0.3, 0.4) is 0 Å². The Labute approximate surface area is 159 Å². The second kappa shape index (κ2) is 7.05. The number of H-pyrrole nitrogens is 1. The first-order valence-electron chi connectivity index (χ1n) is 9.38. The van der Waals surface area contributed by atoms with Gasteiger partial charge in [0.1, 0.15) is 0 Å². The molecule has 1 atom stereocenters. The molecule has 3 heterocycles. The van der Waals surface area contributed by atoms with E-state index in [1.54, 1.807) is 0 Å². The number of carbonyl (C=O) groups excluding carboxylic acids is 1. The SMILES string of the molecule is CC(C)N1CCC(C(=O)N2CCc3[nH]nc(-c4ccc(Cl)cc4)c3C2)C1. The normalized spacial score (nSPS) is 20.6. The molecule has 2 aliphatic heterocycles. The van der Waals surface area contributed by atoms with Crippen molar-refractivity contribution >= 4 is 17.5 Å². The van der Waals surface area contributed by atoms with E-state index in [9.17, 15) is 4.79 Å². The average Bonchev–Trinajstić information content (AvgIpc) is 3.29. The van der Waals surface area contributed by atoms with Crippen molar-refractivity contribution in [2.24, 2.45) is 5.92 Å². The molecule has 1 saturated heterocycles. The van der Waals surface area contributed by atoms with Gasteiger partial charge in [0.15, 0.2) is 0 Å². The van der Waals surface area contributed by atoms with E-state index in [0.717, 1.165) is 55.0 Å². The fraction of sp³-hybridized carbons (Fsp3) is 0.500. The van der Waals surface area contributed by atoms with E-state index in [0.29, 0.717) is 23.5 Å². The third-order valence-corrected chi connectivity index (χ3v) is 5.91. The van der Waals surface area contributed by atoms with Crippen molar-refractivity contribution < 1.29 is 4.79 Å². The van der Waals surface area contributed by atoms with Gasteiger partial charge < -0.3 is 9.80 Å².